The lowest BCUT2D eigenvalue weighted by Crippen LogP contribution is -2.33. The second kappa shape index (κ2) is 10.0. The number of rotatable bonds is 7. The van der Waals surface area contributed by atoms with Crippen LogP contribution in [0.1, 0.15) is 35.2 Å². The minimum atomic E-state index is -0.357. The van der Waals surface area contributed by atoms with E-state index in [9.17, 15) is 13.6 Å². The van der Waals surface area contributed by atoms with E-state index >= 15 is 0 Å². The van der Waals surface area contributed by atoms with Crippen LogP contribution in [0.15, 0.2) is 66.7 Å². The van der Waals surface area contributed by atoms with Gasteiger partial charge in [-0.15, -0.1) is 11.3 Å². The van der Waals surface area contributed by atoms with Crippen LogP contribution in [0.4, 0.5) is 8.78 Å². The highest BCUT2D eigenvalue weighted by atomic mass is 32.1. The Labute approximate surface area is 201 Å². The lowest BCUT2D eigenvalue weighted by molar-refractivity contribution is 0.104. The van der Waals surface area contributed by atoms with Gasteiger partial charge in [0, 0.05) is 32.6 Å². The molecule has 1 aliphatic rings. The number of ketones is 1. The summed E-state index contributed by atoms with van der Waals surface area (Å²) >= 11 is 1.34. The summed E-state index contributed by atoms with van der Waals surface area (Å²) < 4.78 is 33.9. The fourth-order valence-corrected chi connectivity index (χ4v) is 5.65. The van der Waals surface area contributed by atoms with Crippen LogP contribution in [0.2, 0.25) is 0 Å². The quantitative estimate of drug-likeness (QED) is 0.270. The highest BCUT2D eigenvalue weighted by Crippen LogP contribution is 2.40. The summed E-state index contributed by atoms with van der Waals surface area (Å²) in [5, 5.41) is 0.692. The van der Waals surface area contributed by atoms with E-state index in [1.807, 2.05) is 12.1 Å². The molecule has 1 aromatic heterocycles. The maximum absolute atomic E-state index is 13.9. The first-order chi connectivity index (χ1) is 16.6. The van der Waals surface area contributed by atoms with Crippen molar-refractivity contribution in [3.05, 3.63) is 89.5 Å². The number of carbonyl (C=O) groups excluding carboxylic acids is 1. The van der Waals surface area contributed by atoms with E-state index in [-0.39, 0.29) is 17.4 Å². The van der Waals surface area contributed by atoms with Crippen molar-refractivity contribution < 1.29 is 18.3 Å². The Morgan fingerprint density at radius 3 is 2.32 bits per heavy atom. The van der Waals surface area contributed by atoms with Gasteiger partial charge < -0.3 is 4.74 Å². The maximum Gasteiger partial charge on any atom is 0.195 e. The number of hydrogen-bond donors (Lipinski definition) is 0. The van der Waals surface area contributed by atoms with Crippen molar-refractivity contribution in [1.82, 2.24) is 4.90 Å². The third-order valence-electron chi connectivity index (χ3n) is 6.23. The molecule has 3 nitrogen and oxygen atoms in total. The number of hydrogen-bond acceptors (Lipinski definition) is 4. The van der Waals surface area contributed by atoms with Gasteiger partial charge in [-0.05, 0) is 86.1 Å². The Balaban J connectivity index is 1.39. The molecule has 174 valence electrons. The molecule has 0 spiro atoms. The molecule has 0 saturated carbocycles. The fourth-order valence-electron chi connectivity index (χ4n) is 4.42. The number of ether oxygens (including phenoxy) is 1. The normalized spacial score (nSPS) is 14.4. The van der Waals surface area contributed by atoms with E-state index in [1.54, 1.807) is 30.3 Å². The minimum Gasteiger partial charge on any atom is -0.492 e. The molecule has 0 amide bonds. The third kappa shape index (κ3) is 4.88. The average molecular weight is 478 g/mol. The minimum absolute atomic E-state index is 0.156. The second-order valence-electron chi connectivity index (χ2n) is 8.56. The van der Waals surface area contributed by atoms with Crippen molar-refractivity contribution in [2.24, 2.45) is 0 Å². The lowest BCUT2D eigenvalue weighted by Gasteiger charge is -2.26. The van der Waals surface area contributed by atoms with Crippen molar-refractivity contribution in [3.63, 3.8) is 0 Å². The van der Waals surface area contributed by atoms with Gasteiger partial charge in [0.25, 0.3) is 0 Å². The molecule has 0 N–H and O–H groups in total. The number of thiophene rings is 1. The number of halogens is 2. The number of fused-ring (bicyclic) bond motifs is 1. The molecule has 5 rings (SSSR count). The van der Waals surface area contributed by atoms with Gasteiger partial charge in [-0.2, -0.15) is 0 Å². The summed E-state index contributed by atoms with van der Waals surface area (Å²) in [7, 11) is 0. The highest BCUT2D eigenvalue weighted by Gasteiger charge is 2.22. The molecular weight excluding hydrogens is 452 g/mol. The zero-order valence-corrected chi connectivity index (χ0v) is 19.5. The summed E-state index contributed by atoms with van der Waals surface area (Å²) in [6.07, 6.45) is 3.81. The summed E-state index contributed by atoms with van der Waals surface area (Å²) in [4.78, 5) is 16.7. The van der Waals surface area contributed by atoms with Gasteiger partial charge in [0.1, 0.15) is 24.0 Å². The molecule has 0 aliphatic carbocycles. The van der Waals surface area contributed by atoms with Crippen LogP contribution in [-0.4, -0.2) is 36.9 Å². The number of likely N-dealkylation sites (tertiary alicyclic amines) is 1. The van der Waals surface area contributed by atoms with Gasteiger partial charge in [0.05, 0.1) is 0 Å². The zero-order chi connectivity index (χ0) is 23.5. The molecule has 3 aromatic carbocycles. The Morgan fingerprint density at radius 2 is 1.59 bits per heavy atom. The monoisotopic (exact) mass is 477 g/mol. The third-order valence-corrected chi connectivity index (χ3v) is 7.43. The van der Waals surface area contributed by atoms with Crippen LogP contribution in [-0.2, 0) is 0 Å². The van der Waals surface area contributed by atoms with E-state index in [0.29, 0.717) is 32.7 Å². The molecule has 1 saturated heterocycles. The van der Waals surface area contributed by atoms with Crippen molar-refractivity contribution in [3.8, 4) is 16.2 Å². The first kappa shape index (κ1) is 22.7. The maximum atomic E-state index is 13.9. The van der Waals surface area contributed by atoms with Crippen molar-refractivity contribution >= 4 is 27.2 Å². The summed E-state index contributed by atoms with van der Waals surface area (Å²) in [5.74, 6) is -0.134. The van der Waals surface area contributed by atoms with E-state index in [4.69, 9.17) is 4.74 Å². The van der Waals surface area contributed by atoms with E-state index < -0.39 is 0 Å². The Hall–Kier alpha value is -3.09. The molecule has 0 radical (unpaired) electrons. The van der Waals surface area contributed by atoms with Crippen LogP contribution >= 0.6 is 11.3 Å². The van der Waals surface area contributed by atoms with Crippen molar-refractivity contribution in [2.75, 3.05) is 26.2 Å². The van der Waals surface area contributed by atoms with Crippen LogP contribution in [0.5, 0.6) is 5.75 Å². The van der Waals surface area contributed by atoms with E-state index in [1.165, 1.54) is 54.9 Å². The Morgan fingerprint density at radius 1 is 0.882 bits per heavy atom. The van der Waals surface area contributed by atoms with Crippen LogP contribution in [0, 0.1) is 11.6 Å². The van der Waals surface area contributed by atoms with Crippen LogP contribution < -0.4 is 4.74 Å². The summed E-state index contributed by atoms with van der Waals surface area (Å²) in [5.41, 5.74) is 1.75. The van der Waals surface area contributed by atoms with Gasteiger partial charge in [0.15, 0.2) is 5.78 Å². The number of carbonyl (C=O) groups is 1. The molecule has 0 bridgehead atoms. The molecule has 0 atom stereocenters. The van der Waals surface area contributed by atoms with Gasteiger partial charge in [0.2, 0.25) is 0 Å². The first-order valence-electron chi connectivity index (χ1n) is 11.6. The molecule has 34 heavy (non-hydrogen) atoms. The molecule has 0 unspecified atom stereocenters. The summed E-state index contributed by atoms with van der Waals surface area (Å²) in [6.45, 7) is 3.78. The predicted molar refractivity (Wildman–Crippen MR) is 133 cm³/mol. The van der Waals surface area contributed by atoms with E-state index in [2.05, 4.69) is 4.90 Å². The van der Waals surface area contributed by atoms with Gasteiger partial charge in [-0.1, -0.05) is 18.6 Å². The van der Waals surface area contributed by atoms with Crippen molar-refractivity contribution in [1.29, 1.82) is 0 Å². The predicted octanol–water partition coefficient (Wildman–Crippen LogP) is 6.94. The fraction of sp³-hybridized carbons (Fsp3) is 0.250. The van der Waals surface area contributed by atoms with Crippen LogP contribution in [0.3, 0.4) is 0 Å². The highest BCUT2D eigenvalue weighted by molar-refractivity contribution is 7.22. The van der Waals surface area contributed by atoms with E-state index in [0.717, 1.165) is 30.9 Å². The number of nitrogens with zero attached hydrogens (tertiary/aromatic N) is 1. The Kier molecular flexibility index (Phi) is 6.70. The SMILES string of the molecule is O=C(c1ccc(OCCN2CCCCC2)cc1)c1c(-c2ccc(F)cc2)sc2cc(F)ccc12. The molecular formula is C28H25F2NO2S. The largest absolute Gasteiger partial charge is 0.492 e. The van der Waals surface area contributed by atoms with Gasteiger partial charge in [-0.25, -0.2) is 8.78 Å². The topological polar surface area (TPSA) is 29.5 Å². The number of benzene rings is 3. The molecule has 1 fully saturated rings. The van der Waals surface area contributed by atoms with Gasteiger partial charge >= 0.3 is 0 Å². The second-order valence-corrected chi connectivity index (χ2v) is 9.61. The molecule has 2 heterocycles. The molecule has 6 heteroatoms. The smallest absolute Gasteiger partial charge is 0.195 e. The standard InChI is InChI=1S/C28H25F2NO2S/c29-21-8-4-20(5-9-21)28-26(24-13-10-22(30)18-25(24)34-28)27(32)19-6-11-23(12-7-19)33-17-16-31-14-2-1-3-15-31/h4-13,18H,1-3,14-17H2. The molecule has 1 aliphatic heterocycles. The van der Waals surface area contributed by atoms with Gasteiger partial charge in [-0.3, -0.25) is 9.69 Å². The average Bonchev–Trinajstić information content (AvgIpc) is 3.23. The Bertz CT molecular complexity index is 1290. The lowest BCUT2D eigenvalue weighted by atomic mass is 9.97. The summed E-state index contributed by atoms with van der Waals surface area (Å²) in [6, 6.07) is 17.6. The van der Waals surface area contributed by atoms with Crippen LogP contribution in [0.25, 0.3) is 20.5 Å². The zero-order valence-electron chi connectivity index (χ0n) is 18.7. The molecule has 4 aromatic rings. The first-order valence-corrected chi connectivity index (χ1v) is 12.4. The van der Waals surface area contributed by atoms with Crippen molar-refractivity contribution in [2.45, 2.75) is 19.3 Å². The number of piperidine rings is 1.